The zero-order chi connectivity index (χ0) is 16.6. The fourth-order valence-corrected chi connectivity index (χ4v) is 2.92. The molecule has 1 aliphatic rings. The third-order valence-electron chi connectivity index (χ3n) is 3.84. The summed E-state index contributed by atoms with van der Waals surface area (Å²) in [5.41, 5.74) is 1.87. The Bertz CT molecular complexity index is 724. The zero-order valence-corrected chi connectivity index (χ0v) is 11.5. The first-order chi connectivity index (χ1) is 10.9. The maximum absolute atomic E-state index is 11.3. The molecule has 1 aromatic heterocycles. The van der Waals surface area contributed by atoms with Gasteiger partial charge in [0.05, 0.1) is 0 Å². The monoisotopic (exact) mass is 275 g/mol. The number of likely N-dealkylation sites (tertiary alicyclic amines) is 1. The number of hydrogen-bond acceptors (Lipinski definition) is 3. The van der Waals surface area contributed by atoms with E-state index >= 15 is 0 Å². The van der Waals surface area contributed by atoms with E-state index in [4.69, 9.17) is 8.85 Å². The lowest BCUT2D eigenvalue weighted by molar-refractivity contribution is -0.131. The number of hydrogen-bond donors (Lipinski definition) is 1. The molecule has 1 saturated heterocycles. The van der Waals surface area contributed by atoms with Crippen LogP contribution in [0.2, 0.25) is 0 Å². The highest BCUT2D eigenvalue weighted by molar-refractivity contribution is 5.91. The molecule has 4 nitrogen and oxygen atoms in total. The predicted octanol–water partition coefficient (Wildman–Crippen LogP) is 2.73. The predicted molar refractivity (Wildman–Crippen MR) is 79.0 cm³/mol. The van der Waals surface area contributed by atoms with Gasteiger partial charge >= 0.3 is 5.97 Å². The van der Waals surface area contributed by atoms with Gasteiger partial charge in [-0.2, -0.15) is 0 Å². The molecule has 0 radical (unpaired) electrons. The van der Waals surface area contributed by atoms with Gasteiger partial charge in [0.15, 0.2) is 0 Å². The Hall–Kier alpha value is -1.81. The number of aromatic amines is 1. The van der Waals surface area contributed by atoms with Crippen LogP contribution < -0.4 is 4.74 Å². The molecule has 106 valence electrons. The molecule has 1 N–H and O–H groups in total. The van der Waals surface area contributed by atoms with Crippen LogP contribution in [-0.2, 0) is 11.2 Å². The van der Waals surface area contributed by atoms with E-state index in [0.29, 0.717) is 18.7 Å². The Morgan fingerprint density at radius 2 is 2.50 bits per heavy atom. The van der Waals surface area contributed by atoms with Crippen molar-refractivity contribution in [2.24, 2.45) is 0 Å². The zero-order valence-electron chi connectivity index (χ0n) is 14.5. The molecule has 0 aliphatic carbocycles. The van der Waals surface area contributed by atoms with Crippen LogP contribution in [0, 0.1) is 0 Å². The molecule has 2 aromatic rings. The van der Waals surface area contributed by atoms with E-state index in [0.717, 1.165) is 29.3 Å². The number of ether oxygens (including phenoxy) is 1. The van der Waals surface area contributed by atoms with Gasteiger partial charge in [0, 0.05) is 34.2 Å². The number of fused-ring (bicyclic) bond motifs is 1. The quantitative estimate of drug-likeness (QED) is 0.692. The lowest BCUT2D eigenvalue weighted by Crippen LogP contribution is -2.26. The van der Waals surface area contributed by atoms with Gasteiger partial charge in [-0.25, -0.2) is 0 Å². The molecule has 0 amide bonds. The van der Waals surface area contributed by atoms with Crippen LogP contribution in [0.4, 0.5) is 0 Å². The molecule has 1 fully saturated rings. The number of rotatable bonds is 3. The summed E-state index contributed by atoms with van der Waals surface area (Å²) in [6.45, 7) is -0.0924. The maximum atomic E-state index is 11.3. The van der Waals surface area contributed by atoms with Crippen molar-refractivity contribution in [2.75, 3.05) is 13.5 Å². The Labute approximate surface area is 122 Å². The second-order valence-corrected chi connectivity index (χ2v) is 5.28. The molecule has 1 aliphatic heterocycles. The van der Waals surface area contributed by atoms with Gasteiger partial charge in [-0.15, -0.1) is 0 Å². The lowest BCUT2D eigenvalue weighted by atomic mass is 10.0. The lowest BCUT2D eigenvalue weighted by Gasteiger charge is -2.19. The summed E-state index contributed by atoms with van der Waals surface area (Å²) in [6, 6.07) is 5.48. The molecule has 1 aromatic carbocycles. The fourth-order valence-electron chi connectivity index (χ4n) is 2.92. The van der Waals surface area contributed by atoms with Crippen LogP contribution >= 0.6 is 0 Å². The van der Waals surface area contributed by atoms with E-state index in [2.05, 4.69) is 4.98 Å². The second kappa shape index (κ2) is 5.29. The van der Waals surface area contributed by atoms with E-state index < -0.39 is 6.98 Å². The van der Waals surface area contributed by atoms with E-state index in [1.807, 2.05) is 18.3 Å². The van der Waals surface area contributed by atoms with Crippen LogP contribution in [0.1, 0.15) is 29.4 Å². The minimum atomic E-state index is -2.06. The van der Waals surface area contributed by atoms with E-state index in [-0.39, 0.29) is 12.0 Å². The van der Waals surface area contributed by atoms with Crippen molar-refractivity contribution in [3.05, 3.63) is 30.0 Å². The molecule has 0 spiro atoms. The third kappa shape index (κ3) is 2.43. The van der Waals surface area contributed by atoms with Gasteiger partial charge in [-0.3, -0.25) is 4.79 Å². The highest BCUT2D eigenvalue weighted by Crippen LogP contribution is 2.31. The van der Waals surface area contributed by atoms with Crippen molar-refractivity contribution in [1.82, 2.24) is 9.88 Å². The summed E-state index contributed by atoms with van der Waals surface area (Å²) >= 11 is 0. The smallest absolute Gasteiger partial charge is 0.308 e. The molecule has 3 rings (SSSR count). The van der Waals surface area contributed by atoms with Crippen molar-refractivity contribution in [2.45, 2.75) is 32.2 Å². The Kier molecular flexibility index (Phi) is 2.64. The highest BCUT2D eigenvalue weighted by Gasteiger charge is 2.23. The van der Waals surface area contributed by atoms with Crippen molar-refractivity contribution >= 4 is 16.9 Å². The number of esters is 1. The number of carbonyl (C=O) groups is 1. The molecule has 4 heteroatoms. The molecule has 20 heavy (non-hydrogen) atoms. The van der Waals surface area contributed by atoms with Crippen LogP contribution in [0.5, 0.6) is 5.75 Å². The summed E-state index contributed by atoms with van der Waals surface area (Å²) in [5, 5.41) is 0.861. The molecule has 2 heterocycles. The average Bonchev–Trinajstić information content (AvgIpc) is 3.06. The van der Waals surface area contributed by atoms with Crippen molar-refractivity contribution in [3.8, 4) is 5.75 Å². The highest BCUT2D eigenvalue weighted by atomic mass is 16.5. The topological polar surface area (TPSA) is 45.3 Å². The summed E-state index contributed by atoms with van der Waals surface area (Å²) in [4.78, 5) is 16.1. The molecule has 0 saturated carbocycles. The van der Waals surface area contributed by atoms with Gasteiger partial charge < -0.3 is 14.6 Å². The molecule has 1 atom stereocenters. The number of benzene rings is 1. The minimum Gasteiger partial charge on any atom is -0.426 e. The third-order valence-corrected chi connectivity index (χ3v) is 3.84. The summed E-state index contributed by atoms with van der Waals surface area (Å²) < 4.78 is 28.3. The van der Waals surface area contributed by atoms with Crippen LogP contribution in [-0.4, -0.2) is 35.4 Å². The Balaban J connectivity index is 1.93. The fraction of sp³-hybridized carbons (Fsp3) is 0.438. The molecular formula is C16H20N2O2. The van der Waals surface area contributed by atoms with Crippen LogP contribution in [0.3, 0.4) is 0 Å². The summed E-state index contributed by atoms with van der Waals surface area (Å²) in [7, 11) is 0. The Morgan fingerprint density at radius 3 is 3.30 bits per heavy atom. The number of nitrogens with one attached hydrogen (secondary N) is 1. The maximum Gasteiger partial charge on any atom is 0.308 e. The van der Waals surface area contributed by atoms with Crippen molar-refractivity contribution in [3.63, 3.8) is 0 Å². The number of nitrogens with zero attached hydrogens (tertiary/aromatic N) is 1. The SMILES string of the molecule is [2H]C([2H])([2H])N1CCC[C@@H]1Cc1c[nH]c2cccc(OC(C)=O)c12. The van der Waals surface area contributed by atoms with Crippen LogP contribution in [0.25, 0.3) is 10.9 Å². The number of carbonyl (C=O) groups excluding carboxylic acids is 1. The standard InChI is InChI=1S/C16H20N2O2/c1-11(19)20-15-7-3-6-14-16(15)12(10-17-14)9-13-5-4-8-18(13)2/h3,6-7,10,13,17H,4-5,8-9H2,1-2H3/t13-/m1/s1/i2D3. The van der Waals surface area contributed by atoms with Gasteiger partial charge in [0.25, 0.3) is 0 Å². The summed E-state index contributed by atoms with van der Waals surface area (Å²) in [6.07, 6.45) is 4.26. The largest absolute Gasteiger partial charge is 0.426 e. The first-order valence-corrected chi connectivity index (χ1v) is 6.90. The Morgan fingerprint density at radius 1 is 1.60 bits per heavy atom. The van der Waals surface area contributed by atoms with Gasteiger partial charge in [-0.1, -0.05) is 6.07 Å². The van der Waals surface area contributed by atoms with Gasteiger partial charge in [-0.05, 0) is 50.5 Å². The number of H-pyrrole nitrogens is 1. The van der Waals surface area contributed by atoms with Crippen molar-refractivity contribution in [1.29, 1.82) is 0 Å². The average molecular weight is 275 g/mol. The first kappa shape index (κ1) is 10.00. The minimum absolute atomic E-state index is 0.0214. The normalized spacial score (nSPS) is 22.4. The van der Waals surface area contributed by atoms with E-state index in [9.17, 15) is 4.79 Å². The summed E-state index contributed by atoms with van der Waals surface area (Å²) in [5.74, 6) is 0.152. The second-order valence-electron chi connectivity index (χ2n) is 5.28. The number of aromatic nitrogens is 1. The van der Waals surface area contributed by atoms with E-state index in [1.54, 1.807) is 11.0 Å². The molecular weight excluding hydrogens is 252 g/mol. The van der Waals surface area contributed by atoms with Gasteiger partial charge in [0.2, 0.25) is 0 Å². The first-order valence-electron chi connectivity index (χ1n) is 8.40. The van der Waals surface area contributed by atoms with E-state index in [1.165, 1.54) is 6.92 Å². The van der Waals surface area contributed by atoms with Crippen LogP contribution in [0.15, 0.2) is 24.4 Å². The number of likely N-dealkylation sites (N-methyl/N-ethyl adjacent to an activating group) is 1. The molecule has 0 bridgehead atoms. The molecule has 0 unspecified atom stereocenters. The van der Waals surface area contributed by atoms with Gasteiger partial charge in [0.1, 0.15) is 5.75 Å². The van der Waals surface area contributed by atoms with Crippen molar-refractivity contribution < 1.29 is 13.6 Å².